The third-order valence-corrected chi connectivity index (χ3v) is 8.02. The summed E-state index contributed by atoms with van der Waals surface area (Å²) in [7, 11) is 1.52. The molecule has 1 spiro atoms. The summed E-state index contributed by atoms with van der Waals surface area (Å²) in [5, 5.41) is 4.10. The van der Waals surface area contributed by atoms with E-state index in [9.17, 15) is 14.4 Å². The van der Waals surface area contributed by atoms with Crippen LogP contribution in [0.15, 0.2) is 48.5 Å². The van der Waals surface area contributed by atoms with E-state index in [0.717, 1.165) is 22.6 Å². The van der Waals surface area contributed by atoms with Gasteiger partial charge in [0.25, 0.3) is 5.91 Å². The van der Waals surface area contributed by atoms with E-state index in [4.69, 9.17) is 11.6 Å². The second-order valence-electron chi connectivity index (χ2n) is 8.58. The minimum absolute atomic E-state index is 0.197. The van der Waals surface area contributed by atoms with Crippen LogP contribution in [-0.4, -0.2) is 47.7 Å². The van der Waals surface area contributed by atoms with Crippen LogP contribution in [0.5, 0.6) is 0 Å². The molecule has 0 aliphatic carbocycles. The lowest BCUT2D eigenvalue weighted by molar-refractivity contribution is -0.141. The number of benzene rings is 2. The van der Waals surface area contributed by atoms with E-state index in [0.29, 0.717) is 18.0 Å². The number of nitrogens with one attached hydrogen (secondary N) is 1. The van der Waals surface area contributed by atoms with Gasteiger partial charge in [-0.3, -0.25) is 24.6 Å². The van der Waals surface area contributed by atoms with Gasteiger partial charge in [-0.15, -0.1) is 0 Å². The van der Waals surface area contributed by atoms with Crippen LogP contribution in [0.25, 0.3) is 0 Å². The first-order valence-corrected chi connectivity index (χ1v) is 12.4. The van der Waals surface area contributed by atoms with Gasteiger partial charge in [0.05, 0.1) is 18.4 Å². The summed E-state index contributed by atoms with van der Waals surface area (Å²) >= 11 is 8.09. The number of fused-ring (bicyclic) bond motifs is 4. The Morgan fingerprint density at radius 3 is 2.53 bits per heavy atom. The number of likely N-dealkylation sites (tertiary alicyclic amines) is 1. The van der Waals surface area contributed by atoms with Crippen LogP contribution in [0.4, 0.5) is 5.69 Å². The van der Waals surface area contributed by atoms with E-state index in [1.54, 1.807) is 22.7 Å². The van der Waals surface area contributed by atoms with Crippen LogP contribution >= 0.6 is 23.4 Å². The van der Waals surface area contributed by atoms with Crippen molar-refractivity contribution in [2.45, 2.75) is 24.5 Å². The number of imide groups is 1. The van der Waals surface area contributed by atoms with Gasteiger partial charge in [-0.1, -0.05) is 48.0 Å². The average molecular weight is 470 g/mol. The second kappa shape index (κ2) is 7.90. The summed E-state index contributed by atoms with van der Waals surface area (Å²) in [5.74, 6) is -1.15. The van der Waals surface area contributed by atoms with Gasteiger partial charge in [0.15, 0.2) is 0 Å². The number of para-hydroxylation sites is 1. The van der Waals surface area contributed by atoms with Crippen LogP contribution in [0.2, 0.25) is 5.02 Å². The fourth-order valence-electron chi connectivity index (χ4n) is 5.54. The van der Waals surface area contributed by atoms with Gasteiger partial charge in [0.1, 0.15) is 5.54 Å². The van der Waals surface area contributed by atoms with Crippen LogP contribution in [0.3, 0.4) is 0 Å². The molecule has 3 aliphatic rings. The average Bonchev–Trinajstić information content (AvgIpc) is 3.34. The molecule has 0 aromatic heterocycles. The van der Waals surface area contributed by atoms with E-state index in [2.05, 4.69) is 5.32 Å². The molecular formula is C24H24ClN3O3S. The molecule has 2 fully saturated rings. The Hall–Kier alpha value is -2.35. The zero-order valence-electron chi connectivity index (χ0n) is 17.9. The molecule has 0 bridgehead atoms. The lowest BCUT2D eigenvalue weighted by Gasteiger charge is -2.30. The van der Waals surface area contributed by atoms with Crippen molar-refractivity contribution in [3.8, 4) is 0 Å². The van der Waals surface area contributed by atoms with Gasteiger partial charge in [-0.25, -0.2) is 0 Å². The maximum atomic E-state index is 14.2. The number of carbonyl (C=O) groups excluding carboxylic acids is 3. The normalized spacial score (nSPS) is 28.7. The molecule has 8 heteroatoms. The number of rotatable bonds is 5. The van der Waals surface area contributed by atoms with Crippen molar-refractivity contribution in [1.29, 1.82) is 0 Å². The smallest absolute Gasteiger partial charge is 0.253 e. The molecular weight excluding hydrogens is 446 g/mol. The highest BCUT2D eigenvalue weighted by Crippen LogP contribution is 2.55. The van der Waals surface area contributed by atoms with Gasteiger partial charge in [-0.2, -0.15) is 11.8 Å². The topological polar surface area (TPSA) is 69.7 Å². The number of amides is 3. The zero-order valence-corrected chi connectivity index (χ0v) is 19.4. The van der Waals surface area contributed by atoms with E-state index >= 15 is 0 Å². The second-order valence-corrected chi connectivity index (χ2v) is 9.97. The van der Waals surface area contributed by atoms with Crippen LogP contribution in [0.1, 0.15) is 17.5 Å². The molecule has 2 saturated heterocycles. The summed E-state index contributed by atoms with van der Waals surface area (Å²) in [6, 6.07) is 14.8. The van der Waals surface area contributed by atoms with E-state index in [1.165, 1.54) is 11.9 Å². The van der Waals surface area contributed by atoms with Crippen molar-refractivity contribution < 1.29 is 14.4 Å². The summed E-state index contributed by atoms with van der Waals surface area (Å²) in [6.45, 7) is 0.295. The molecule has 3 amide bonds. The van der Waals surface area contributed by atoms with Crippen LogP contribution in [-0.2, 0) is 26.5 Å². The predicted octanol–water partition coefficient (Wildman–Crippen LogP) is 3.04. The molecule has 3 heterocycles. The standard InChI is InChI=1S/C24H24ClN3O3S/c1-27-21(29)19-17(11-12-32-2)26-24(20(19)22(27)30)15-8-4-6-10-18(15)28(23(24)31)13-14-7-3-5-9-16(14)25/h3-10,17,19-20,26H,11-13H2,1-2H3/t17-,19+,20-,24-/m0/s1. The van der Waals surface area contributed by atoms with Gasteiger partial charge >= 0.3 is 0 Å². The van der Waals surface area contributed by atoms with Crippen LogP contribution in [0, 0.1) is 11.8 Å². The molecule has 0 unspecified atom stereocenters. The maximum Gasteiger partial charge on any atom is 0.253 e. The number of nitrogens with zero attached hydrogens (tertiary/aromatic N) is 2. The molecule has 4 atom stereocenters. The quantitative estimate of drug-likeness (QED) is 0.681. The third kappa shape index (κ3) is 2.87. The summed E-state index contributed by atoms with van der Waals surface area (Å²) in [4.78, 5) is 43.4. The third-order valence-electron chi connectivity index (χ3n) is 7.01. The van der Waals surface area contributed by atoms with Crippen molar-refractivity contribution >= 4 is 46.8 Å². The van der Waals surface area contributed by atoms with Crippen LogP contribution < -0.4 is 10.2 Å². The number of carbonyl (C=O) groups is 3. The molecule has 166 valence electrons. The summed E-state index contributed by atoms with van der Waals surface area (Å²) in [5.41, 5.74) is 1.09. The van der Waals surface area contributed by atoms with Crippen molar-refractivity contribution in [2.24, 2.45) is 11.8 Å². The van der Waals surface area contributed by atoms with Gasteiger partial charge in [0.2, 0.25) is 11.8 Å². The Labute approximate surface area is 196 Å². The maximum absolute atomic E-state index is 14.2. The molecule has 3 aliphatic heterocycles. The van der Waals surface area contributed by atoms with Crippen molar-refractivity contribution in [2.75, 3.05) is 24.0 Å². The molecule has 0 radical (unpaired) electrons. The van der Waals surface area contributed by atoms with Gasteiger partial charge in [-0.05, 0) is 36.1 Å². The monoisotopic (exact) mass is 469 g/mol. The summed E-state index contributed by atoms with van der Waals surface area (Å²) in [6.07, 6.45) is 2.72. The first kappa shape index (κ1) is 21.5. The van der Waals surface area contributed by atoms with Gasteiger partial charge < -0.3 is 4.90 Å². The molecule has 2 aromatic carbocycles. The number of thioether (sulfide) groups is 1. The fourth-order valence-corrected chi connectivity index (χ4v) is 6.22. The van der Waals surface area contributed by atoms with Crippen molar-refractivity contribution in [3.05, 3.63) is 64.7 Å². The fraction of sp³-hybridized carbons (Fsp3) is 0.375. The lowest BCUT2D eigenvalue weighted by atomic mass is 9.76. The van der Waals surface area contributed by atoms with E-state index in [-0.39, 0.29) is 23.8 Å². The Morgan fingerprint density at radius 2 is 1.78 bits per heavy atom. The van der Waals surface area contributed by atoms with Crippen molar-refractivity contribution in [3.63, 3.8) is 0 Å². The largest absolute Gasteiger partial charge is 0.306 e. The predicted molar refractivity (Wildman–Crippen MR) is 125 cm³/mol. The Kier molecular flexibility index (Phi) is 5.31. The lowest BCUT2D eigenvalue weighted by Crippen LogP contribution is -2.54. The first-order valence-electron chi connectivity index (χ1n) is 10.6. The molecule has 6 nitrogen and oxygen atoms in total. The number of hydrogen-bond donors (Lipinski definition) is 1. The number of anilines is 1. The molecule has 0 saturated carbocycles. The Bertz CT molecular complexity index is 1130. The molecule has 1 N–H and O–H groups in total. The van der Waals surface area contributed by atoms with Crippen molar-refractivity contribution in [1.82, 2.24) is 10.2 Å². The highest BCUT2D eigenvalue weighted by molar-refractivity contribution is 7.98. The zero-order chi connectivity index (χ0) is 22.6. The minimum Gasteiger partial charge on any atom is -0.306 e. The minimum atomic E-state index is -1.25. The summed E-state index contributed by atoms with van der Waals surface area (Å²) < 4.78 is 0. The van der Waals surface area contributed by atoms with E-state index in [1.807, 2.05) is 48.7 Å². The Morgan fingerprint density at radius 1 is 1.06 bits per heavy atom. The number of hydrogen-bond acceptors (Lipinski definition) is 5. The molecule has 32 heavy (non-hydrogen) atoms. The first-order chi connectivity index (χ1) is 15.4. The Balaban J connectivity index is 1.63. The molecule has 5 rings (SSSR count). The highest BCUT2D eigenvalue weighted by atomic mass is 35.5. The van der Waals surface area contributed by atoms with E-state index < -0.39 is 17.4 Å². The molecule has 2 aromatic rings. The van der Waals surface area contributed by atoms with Gasteiger partial charge in [0, 0.05) is 29.4 Å². The number of halogens is 1. The SMILES string of the molecule is CSCC[C@@H]1N[C@]2(C(=O)N(Cc3ccccc3Cl)c3ccccc32)[C@@H]2C(=O)N(C)C(=O)[C@H]12. The highest BCUT2D eigenvalue weighted by Gasteiger charge is 2.70.